The van der Waals surface area contributed by atoms with Gasteiger partial charge in [-0.15, -0.1) is 0 Å². The zero-order valence-electron chi connectivity index (χ0n) is 7.91. The molecule has 0 heterocycles. The van der Waals surface area contributed by atoms with Crippen LogP contribution in [0.5, 0.6) is 0 Å². The minimum atomic E-state index is -0.339. The first-order valence-corrected chi connectivity index (χ1v) is 4.10. The first kappa shape index (κ1) is 11.4. The van der Waals surface area contributed by atoms with E-state index in [1.54, 1.807) is 0 Å². The summed E-state index contributed by atoms with van der Waals surface area (Å²) in [5.41, 5.74) is -0.0508. The molecule has 0 saturated carbocycles. The number of aliphatic hydroxyl groups excluding tert-OH is 1. The molecule has 0 aliphatic rings. The molecule has 1 N–H and O–H groups in total. The van der Waals surface area contributed by atoms with Crippen LogP contribution in [0.25, 0.3) is 0 Å². The van der Waals surface area contributed by atoms with Gasteiger partial charge in [0.1, 0.15) is 0 Å². The van der Waals surface area contributed by atoms with Crippen LogP contribution in [0.4, 0.5) is 0 Å². The van der Waals surface area contributed by atoms with Gasteiger partial charge in [0.05, 0.1) is 0 Å². The molecular formula is C8H17NO3. The summed E-state index contributed by atoms with van der Waals surface area (Å²) < 4.78 is 0. The van der Waals surface area contributed by atoms with Gasteiger partial charge in [0, 0.05) is 18.0 Å². The Bertz CT molecular complexity index is 151. The van der Waals surface area contributed by atoms with Crippen LogP contribution in [0.3, 0.4) is 0 Å². The van der Waals surface area contributed by atoms with Gasteiger partial charge in [-0.2, -0.15) is 0 Å². The van der Waals surface area contributed by atoms with Crippen LogP contribution in [0.2, 0.25) is 0 Å². The van der Waals surface area contributed by atoms with E-state index in [4.69, 9.17) is 5.11 Å². The van der Waals surface area contributed by atoms with E-state index in [1.165, 1.54) is 0 Å². The molecular weight excluding hydrogens is 158 g/mol. The Kier molecular flexibility index (Phi) is 4.17. The van der Waals surface area contributed by atoms with Crippen LogP contribution < -0.4 is 0 Å². The van der Waals surface area contributed by atoms with Gasteiger partial charge in [0.15, 0.2) is 0 Å². The molecule has 0 saturated heterocycles. The highest BCUT2D eigenvalue weighted by molar-refractivity contribution is 4.72. The van der Waals surface area contributed by atoms with Crippen molar-refractivity contribution in [2.75, 3.05) is 13.2 Å². The van der Waals surface area contributed by atoms with Gasteiger partial charge < -0.3 is 5.11 Å². The van der Waals surface area contributed by atoms with E-state index in [2.05, 4.69) is 0 Å². The lowest BCUT2D eigenvalue weighted by Gasteiger charge is -2.27. The molecule has 0 spiro atoms. The second-order valence-electron chi connectivity index (χ2n) is 4.09. The fourth-order valence-electron chi connectivity index (χ4n) is 1.06. The Hall–Kier alpha value is -0.640. The van der Waals surface area contributed by atoms with Crippen molar-refractivity contribution in [3.05, 3.63) is 10.1 Å². The van der Waals surface area contributed by atoms with Crippen molar-refractivity contribution in [3.8, 4) is 0 Å². The molecule has 4 heteroatoms. The van der Waals surface area contributed by atoms with E-state index in [0.717, 1.165) is 0 Å². The van der Waals surface area contributed by atoms with Gasteiger partial charge >= 0.3 is 0 Å². The highest BCUT2D eigenvalue weighted by atomic mass is 16.6. The highest BCUT2D eigenvalue weighted by Crippen LogP contribution is 2.27. The van der Waals surface area contributed by atoms with Gasteiger partial charge in [-0.05, 0) is 11.3 Å². The lowest BCUT2D eigenvalue weighted by atomic mass is 9.79. The van der Waals surface area contributed by atoms with Crippen LogP contribution in [0.1, 0.15) is 27.2 Å². The molecule has 0 radical (unpaired) electrons. The van der Waals surface area contributed by atoms with Crippen molar-refractivity contribution in [3.63, 3.8) is 0 Å². The normalized spacial score (nSPS) is 14.3. The maximum Gasteiger partial charge on any atom is 0.204 e. The molecule has 4 nitrogen and oxygen atoms in total. The van der Waals surface area contributed by atoms with Crippen molar-refractivity contribution in [2.24, 2.45) is 11.3 Å². The average molecular weight is 175 g/mol. The van der Waals surface area contributed by atoms with E-state index in [-0.39, 0.29) is 29.4 Å². The average Bonchev–Trinajstić information content (AvgIpc) is 1.85. The van der Waals surface area contributed by atoms with Gasteiger partial charge in [-0.3, -0.25) is 10.1 Å². The summed E-state index contributed by atoms with van der Waals surface area (Å²) in [6.07, 6.45) is 0.451. The standard InChI is InChI=1S/C8H17NO3/c1-8(2,3)7(6-10)4-5-9(11)12/h7,10H,4-6H2,1-3H3. The second-order valence-corrected chi connectivity index (χ2v) is 4.09. The topological polar surface area (TPSA) is 63.4 Å². The minimum Gasteiger partial charge on any atom is -0.396 e. The minimum absolute atomic E-state index is 0.0166. The van der Waals surface area contributed by atoms with E-state index >= 15 is 0 Å². The number of hydrogen-bond acceptors (Lipinski definition) is 3. The Morgan fingerprint density at radius 3 is 2.25 bits per heavy atom. The summed E-state index contributed by atoms with van der Waals surface area (Å²) in [4.78, 5) is 9.73. The maximum atomic E-state index is 10.1. The van der Waals surface area contributed by atoms with Crippen LogP contribution in [0, 0.1) is 21.4 Å². The van der Waals surface area contributed by atoms with Gasteiger partial charge in [-0.25, -0.2) is 0 Å². The quantitative estimate of drug-likeness (QED) is 0.517. The number of aliphatic hydroxyl groups is 1. The highest BCUT2D eigenvalue weighted by Gasteiger charge is 2.24. The molecule has 0 aliphatic carbocycles. The van der Waals surface area contributed by atoms with E-state index < -0.39 is 0 Å². The summed E-state index contributed by atoms with van der Waals surface area (Å²) in [6, 6.07) is 0. The third-order valence-corrected chi connectivity index (χ3v) is 2.11. The van der Waals surface area contributed by atoms with Gasteiger partial charge in [0.25, 0.3) is 0 Å². The van der Waals surface area contributed by atoms with E-state index in [1.807, 2.05) is 20.8 Å². The van der Waals surface area contributed by atoms with Crippen molar-refractivity contribution >= 4 is 0 Å². The monoisotopic (exact) mass is 175 g/mol. The Morgan fingerprint density at radius 2 is 2.00 bits per heavy atom. The largest absolute Gasteiger partial charge is 0.396 e. The lowest BCUT2D eigenvalue weighted by molar-refractivity contribution is -0.482. The number of hydrogen-bond donors (Lipinski definition) is 1. The predicted octanol–water partition coefficient (Wildman–Crippen LogP) is 1.31. The smallest absolute Gasteiger partial charge is 0.204 e. The summed E-state index contributed by atoms with van der Waals surface area (Å²) in [5, 5.41) is 19.0. The molecule has 0 amide bonds. The second kappa shape index (κ2) is 4.40. The van der Waals surface area contributed by atoms with Crippen LogP contribution in [-0.4, -0.2) is 23.2 Å². The molecule has 0 bridgehead atoms. The SMILES string of the molecule is CC(C)(C)C(CO)CC[N+](=O)[O-]. The van der Waals surface area contributed by atoms with E-state index in [0.29, 0.717) is 6.42 Å². The fourth-order valence-corrected chi connectivity index (χ4v) is 1.06. The first-order valence-electron chi connectivity index (χ1n) is 4.10. The third-order valence-electron chi connectivity index (χ3n) is 2.11. The van der Waals surface area contributed by atoms with Crippen molar-refractivity contribution in [1.29, 1.82) is 0 Å². The molecule has 0 aromatic heterocycles. The number of nitro groups is 1. The third kappa shape index (κ3) is 4.28. The maximum absolute atomic E-state index is 10.1. The number of rotatable bonds is 4. The Balaban J connectivity index is 3.92. The lowest BCUT2D eigenvalue weighted by Crippen LogP contribution is -2.26. The van der Waals surface area contributed by atoms with Crippen molar-refractivity contribution in [2.45, 2.75) is 27.2 Å². The molecule has 0 aliphatic heterocycles. The first-order chi connectivity index (χ1) is 5.38. The van der Waals surface area contributed by atoms with Crippen LogP contribution >= 0.6 is 0 Å². The Morgan fingerprint density at radius 1 is 1.50 bits per heavy atom. The van der Waals surface area contributed by atoms with Crippen molar-refractivity contribution in [1.82, 2.24) is 0 Å². The molecule has 12 heavy (non-hydrogen) atoms. The van der Waals surface area contributed by atoms with Crippen LogP contribution in [-0.2, 0) is 0 Å². The summed E-state index contributed by atoms with van der Waals surface area (Å²) in [7, 11) is 0. The van der Waals surface area contributed by atoms with Crippen molar-refractivity contribution < 1.29 is 10.0 Å². The molecule has 0 rings (SSSR count). The van der Waals surface area contributed by atoms with E-state index in [9.17, 15) is 10.1 Å². The fraction of sp³-hybridized carbons (Fsp3) is 1.00. The van der Waals surface area contributed by atoms with Gasteiger partial charge in [-0.1, -0.05) is 20.8 Å². The number of nitrogens with zero attached hydrogens (tertiary/aromatic N) is 1. The molecule has 0 aromatic carbocycles. The van der Waals surface area contributed by atoms with Crippen LogP contribution in [0.15, 0.2) is 0 Å². The molecule has 0 aromatic rings. The summed E-state index contributed by atoms with van der Waals surface area (Å²) in [5.74, 6) is 0.0166. The molecule has 1 atom stereocenters. The zero-order valence-corrected chi connectivity index (χ0v) is 7.91. The van der Waals surface area contributed by atoms with Gasteiger partial charge in [0.2, 0.25) is 6.54 Å². The molecule has 1 unspecified atom stereocenters. The zero-order chi connectivity index (χ0) is 9.78. The summed E-state index contributed by atoms with van der Waals surface area (Å²) >= 11 is 0. The summed E-state index contributed by atoms with van der Waals surface area (Å²) in [6.45, 7) is 5.91. The Labute approximate surface area is 72.7 Å². The molecule has 0 fully saturated rings. The molecule has 72 valence electrons. The predicted molar refractivity (Wildman–Crippen MR) is 46.5 cm³/mol.